The summed E-state index contributed by atoms with van der Waals surface area (Å²) in [5, 5.41) is 10.4. The van der Waals surface area contributed by atoms with Crippen LogP contribution in [-0.2, 0) is 6.42 Å². The van der Waals surface area contributed by atoms with E-state index in [0.717, 1.165) is 35.4 Å². The number of nitrogens with zero attached hydrogens (tertiary/aromatic N) is 3. The molecule has 2 heterocycles. The Kier molecular flexibility index (Phi) is 4.54. The Balaban J connectivity index is 1.82. The van der Waals surface area contributed by atoms with Gasteiger partial charge in [0.05, 0.1) is 10.7 Å². The molecule has 2 aromatic heterocycles. The molecular formula is C11H13BrClN5. The monoisotopic (exact) mass is 329 g/mol. The number of hydrogen-bond acceptors (Lipinski definition) is 4. The SMILES string of the molecule is Cc1[nH]ncc1CCCNc1nc(Cl)ncc1Br. The van der Waals surface area contributed by atoms with Crippen molar-refractivity contribution < 1.29 is 0 Å². The van der Waals surface area contributed by atoms with Gasteiger partial charge in [-0.25, -0.2) is 4.98 Å². The minimum atomic E-state index is 0.242. The third kappa shape index (κ3) is 3.43. The number of nitrogens with one attached hydrogen (secondary N) is 2. The molecule has 0 fully saturated rings. The predicted octanol–water partition coefficient (Wildman–Crippen LogP) is 2.97. The second-order valence-corrected chi connectivity index (χ2v) is 5.08. The summed E-state index contributed by atoms with van der Waals surface area (Å²) in [6.07, 6.45) is 5.48. The van der Waals surface area contributed by atoms with Crippen LogP contribution in [-0.4, -0.2) is 26.7 Å². The molecule has 0 saturated heterocycles. The van der Waals surface area contributed by atoms with E-state index >= 15 is 0 Å². The average Bonchev–Trinajstić information content (AvgIpc) is 2.75. The number of hydrogen-bond donors (Lipinski definition) is 2. The summed E-state index contributed by atoms with van der Waals surface area (Å²) < 4.78 is 0.811. The zero-order chi connectivity index (χ0) is 13.0. The van der Waals surface area contributed by atoms with Gasteiger partial charge in [0, 0.05) is 18.4 Å². The van der Waals surface area contributed by atoms with E-state index in [9.17, 15) is 0 Å². The number of anilines is 1. The third-order valence-corrected chi connectivity index (χ3v) is 3.33. The average molecular weight is 331 g/mol. The van der Waals surface area contributed by atoms with Crippen molar-refractivity contribution in [2.45, 2.75) is 19.8 Å². The highest BCUT2D eigenvalue weighted by atomic mass is 79.9. The summed E-state index contributed by atoms with van der Waals surface area (Å²) in [7, 11) is 0. The van der Waals surface area contributed by atoms with Crippen LogP contribution in [0.25, 0.3) is 0 Å². The Bertz CT molecular complexity index is 528. The first-order valence-electron chi connectivity index (χ1n) is 5.57. The molecule has 0 spiro atoms. The molecule has 96 valence electrons. The maximum atomic E-state index is 5.74. The lowest BCUT2D eigenvalue weighted by Crippen LogP contribution is -2.06. The van der Waals surface area contributed by atoms with Crippen LogP contribution in [0.15, 0.2) is 16.9 Å². The zero-order valence-electron chi connectivity index (χ0n) is 9.87. The van der Waals surface area contributed by atoms with Gasteiger partial charge in [-0.3, -0.25) is 5.10 Å². The fourth-order valence-corrected chi connectivity index (χ4v) is 2.05. The van der Waals surface area contributed by atoms with Crippen LogP contribution in [0, 0.1) is 6.92 Å². The lowest BCUT2D eigenvalue weighted by Gasteiger charge is -2.07. The first-order chi connectivity index (χ1) is 8.66. The summed E-state index contributed by atoms with van der Waals surface area (Å²) in [5.74, 6) is 0.721. The van der Waals surface area contributed by atoms with Gasteiger partial charge in [0.15, 0.2) is 0 Å². The molecule has 0 aliphatic heterocycles. The summed E-state index contributed by atoms with van der Waals surface area (Å²) in [6, 6.07) is 0. The number of rotatable bonds is 5. The fraction of sp³-hybridized carbons (Fsp3) is 0.364. The van der Waals surface area contributed by atoms with E-state index in [0.29, 0.717) is 0 Å². The van der Waals surface area contributed by atoms with Crippen LogP contribution >= 0.6 is 27.5 Å². The van der Waals surface area contributed by atoms with Crippen molar-refractivity contribution >= 4 is 33.3 Å². The molecule has 0 amide bonds. The molecule has 2 N–H and O–H groups in total. The zero-order valence-corrected chi connectivity index (χ0v) is 12.2. The highest BCUT2D eigenvalue weighted by Gasteiger charge is 2.04. The van der Waals surface area contributed by atoms with Gasteiger partial charge < -0.3 is 5.32 Å². The molecule has 0 aliphatic carbocycles. The molecule has 0 aliphatic rings. The van der Waals surface area contributed by atoms with Crippen molar-refractivity contribution in [1.82, 2.24) is 20.2 Å². The molecule has 2 aromatic rings. The minimum absolute atomic E-state index is 0.242. The number of halogens is 2. The quantitative estimate of drug-likeness (QED) is 0.653. The van der Waals surface area contributed by atoms with Crippen LogP contribution in [0.3, 0.4) is 0 Å². The molecule has 0 aromatic carbocycles. The van der Waals surface area contributed by atoms with Gasteiger partial charge in [-0.15, -0.1) is 0 Å². The van der Waals surface area contributed by atoms with Gasteiger partial charge in [0.1, 0.15) is 5.82 Å². The van der Waals surface area contributed by atoms with E-state index in [2.05, 4.69) is 41.4 Å². The largest absolute Gasteiger partial charge is 0.369 e. The first kappa shape index (κ1) is 13.3. The second-order valence-electron chi connectivity index (χ2n) is 3.89. The van der Waals surface area contributed by atoms with Gasteiger partial charge in [-0.2, -0.15) is 10.1 Å². The van der Waals surface area contributed by atoms with Crippen molar-refractivity contribution in [3.8, 4) is 0 Å². The molecule has 7 heteroatoms. The van der Waals surface area contributed by atoms with E-state index in [1.807, 2.05) is 13.1 Å². The molecule has 5 nitrogen and oxygen atoms in total. The summed E-state index contributed by atoms with van der Waals surface area (Å²) in [4.78, 5) is 7.98. The Labute approximate surface area is 119 Å². The first-order valence-corrected chi connectivity index (χ1v) is 6.74. The highest BCUT2D eigenvalue weighted by Crippen LogP contribution is 2.20. The summed E-state index contributed by atoms with van der Waals surface area (Å²) >= 11 is 9.11. The summed E-state index contributed by atoms with van der Waals surface area (Å²) in [5.41, 5.74) is 2.37. The number of aromatic amines is 1. The van der Waals surface area contributed by atoms with Crippen LogP contribution in [0.2, 0.25) is 5.28 Å². The maximum absolute atomic E-state index is 5.74. The van der Waals surface area contributed by atoms with Gasteiger partial charge in [-0.05, 0) is 52.9 Å². The number of aromatic nitrogens is 4. The smallest absolute Gasteiger partial charge is 0.224 e. The molecule has 0 unspecified atom stereocenters. The molecule has 0 radical (unpaired) electrons. The number of H-pyrrole nitrogens is 1. The third-order valence-electron chi connectivity index (χ3n) is 2.56. The molecule has 2 rings (SSSR count). The second kappa shape index (κ2) is 6.15. The topological polar surface area (TPSA) is 66.5 Å². The Morgan fingerprint density at radius 2 is 2.28 bits per heavy atom. The van der Waals surface area contributed by atoms with Crippen LogP contribution in [0.4, 0.5) is 5.82 Å². The van der Waals surface area contributed by atoms with Gasteiger partial charge in [0.2, 0.25) is 5.28 Å². The van der Waals surface area contributed by atoms with Crippen molar-refractivity contribution in [1.29, 1.82) is 0 Å². The standard InChI is InChI=1S/C11H13BrClN5/c1-7-8(5-16-18-7)3-2-4-14-10-9(12)6-15-11(13)17-10/h5-6H,2-4H2,1H3,(H,16,18)(H,14,15,17). The van der Waals surface area contributed by atoms with Crippen LogP contribution in [0.1, 0.15) is 17.7 Å². The summed E-state index contributed by atoms with van der Waals surface area (Å²) in [6.45, 7) is 2.84. The molecule has 0 bridgehead atoms. The van der Waals surface area contributed by atoms with E-state index < -0.39 is 0 Å². The Hall–Kier alpha value is -1.14. The van der Waals surface area contributed by atoms with E-state index in [4.69, 9.17) is 11.6 Å². The Morgan fingerprint density at radius 3 is 3.00 bits per heavy atom. The maximum Gasteiger partial charge on any atom is 0.224 e. The van der Waals surface area contributed by atoms with Crippen LogP contribution in [0.5, 0.6) is 0 Å². The lowest BCUT2D eigenvalue weighted by atomic mass is 10.1. The predicted molar refractivity (Wildman–Crippen MR) is 74.9 cm³/mol. The van der Waals surface area contributed by atoms with E-state index in [1.54, 1.807) is 6.20 Å². The van der Waals surface area contributed by atoms with E-state index in [1.165, 1.54) is 5.56 Å². The van der Waals surface area contributed by atoms with Gasteiger partial charge in [0.25, 0.3) is 0 Å². The molecule has 0 atom stereocenters. The molecular weight excluding hydrogens is 318 g/mol. The highest BCUT2D eigenvalue weighted by molar-refractivity contribution is 9.10. The van der Waals surface area contributed by atoms with Crippen molar-refractivity contribution in [2.24, 2.45) is 0 Å². The molecule has 18 heavy (non-hydrogen) atoms. The Morgan fingerprint density at radius 1 is 1.44 bits per heavy atom. The van der Waals surface area contributed by atoms with Crippen molar-refractivity contribution in [3.63, 3.8) is 0 Å². The van der Waals surface area contributed by atoms with Gasteiger partial charge >= 0.3 is 0 Å². The lowest BCUT2D eigenvalue weighted by molar-refractivity contribution is 0.851. The van der Waals surface area contributed by atoms with Gasteiger partial charge in [-0.1, -0.05) is 0 Å². The van der Waals surface area contributed by atoms with Crippen molar-refractivity contribution in [3.05, 3.63) is 33.4 Å². The fourth-order valence-electron chi connectivity index (χ4n) is 1.58. The van der Waals surface area contributed by atoms with Crippen molar-refractivity contribution in [2.75, 3.05) is 11.9 Å². The minimum Gasteiger partial charge on any atom is -0.369 e. The molecule has 0 saturated carbocycles. The number of aryl methyl sites for hydroxylation is 2. The van der Waals surface area contributed by atoms with E-state index in [-0.39, 0.29) is 5.28 Å². The normalized spacial score (nSPS) is 10.6. The van der Waals surface area contributed by atoms with Crippen LogP contribution < -0.4 is 5.32 Å².